The second-order valence-electron chi connectivity index (χ2n) is 5.18. The third kappa shape index (κ3) is 2.17. The molecule has 0 aliphatic heterocycles. The highest BCUT2D eigenvalue weighted by atomic mass is 15.1. The summed E-state index contributed by atoms with van der Waals surface area (Å²) in [6, 6.07) is 8.69. The summed E-state index contributed by atoms with van der Waals surface area (Å²) in [5.41, 5.74) is 1.06. The Hall–Kier alpha value is -1.64. The van der Waals surface area contributed by atoms with Gasteiger partial charge in [-0.15, -0.1) is 0 Å². The Morgan fingerprint density at radius 3 is 2.78 bits per heavy atom. The monoisotopic (exact) mass is 241 g/mol. The van der Waals surface area contributed by atoms with E-state index in [2.05, 4.69) is 36.3 Å². The molecule has 3 nitrogen and oxygen atoms in total. The fraction of sp³-hybridized carbons (Fsp3) is 0.467. The van der Waals surface area contributed by atoms with E-state index in [1.807, 2.05) is 12.1 Å². The molecule has 0 unspecified atom stereocenters. The van der Waals surface area contributed by atoms with Crippen molar-refractivity contribution < 1.29 is 0 Å². The van der Waals surface area contributed by atoms with Gasteiger partial charge in [-0.1, -0.05) is 19.1 Å². The van der Waals surface area contributed by atoms with Crippen LogP contribution in [0.1, 0.15) is 44.9 Å². The van der Waals surface area contributed by atoms with Crippen LogP contribution in [0.15, 0.2) is 24.3 Å². The highest BCUT2D eigenvalue weighted by Gasteiger charge is 2.27. The molecule has 1 saturated carbocycles. The summed E-state index contributed by atoms with van der Waals surface area (Å²) in [5, 5.41) is 4.63. The third-order valence-corrected chi connectivity index (χ3v) is 3.56. The van der Waals surface area contributed by atoms with Crippen molar-refractivity contribution in [2.75, 3.05) is 5.32 Å². The van der Waals surface area contributed by atoms with E-state index in [1.165, 1.54) is 12.8 Å². The number of aromatic nitrogens is 2. The van der Waals surface area contributed by atoms with E-state index >= 15 is 0 Å². The molecule has 18 heavy (non-hydrogen) atoms. The van der Waals surface area contributed by atoms with Crippen LogP contribution in [0.2, 0.25) is 0 Å². The Kier molecular flexibility index (Phi) is 2.90. The molecule has 1 aromatic carbocycles. The summed E-state index contributed by atoms with van der Waals surface area (Å²) in [7, 11) is 0. The molecule has 0 saturated heterocycles. The molecule has 1 heterocycles. The molecular formula is C15H19N3. The number of nitrogens with zero attached hydrogens (tertiary/aromatic N) is 2. The summed E-state index contributed by atoms with van der Waals surface area (Å²) in [6.07, 6.45) is 3.57. The van der Waals surface area contributed by atoms with Crippen LogP contribution in [0.3, 0.4) is 0 Å². The van der Waals surface area contributed by atoms with Crippen molar-refractivity contribution in [1.29, 1.82) is 0 Å². The minimum Gasteiger partial charge on any atom is -0.367 e. The minimum atomic E-state index is 0.440. The molecule has 0 spiro atoms. The van der Waals surface area contributed by atoms with Gasteiger partial charge >= 0.3 is 0 Å². The smallest absolute Gasteiger partial charge is 0.137 e. The number of benzene rings is 1. The Morgan fingerprint density at radius 1 is 1.28 bits per heavy atom. The van der Waals surface area contributed by atoms with Gasteiger partial charge in [-0.2, -0.15) is 0 Å². The topological polar surface area (TPSA) is 37.8 Å². The summed E-state index contributed by atoms with van der Waals surface area (Å²) in [5.74, 6) is 2.60. The number of rotatable bonds is 4. The van der Waals surface area contributed by atoms with Crippen molar-refractivity contribution in [2.24, 2.45) is 0 Å². The first-order valence-electron chi connectivity index (χ1n) is 6.81. The highest BCUT2D eigenvalue weighted by molar-refractivity contribution is 5.89. The van der Waals surface area contributed by atoms with Gasteiger partial charge in [0.1, 0.15) is 11.6 Å². The largest absolute Gasteiger partial charge is 0.367 e. The molecule has 1 fully saturated rings. The quantitative estimate of drug-likeness (QED) is 0.886. The maximum absolute atomic E-state index is 4.73. The summed E-state index contributed by atoms with van der Waals surface area (Å²) in [6.45, 7) is 4.37. The van der Waals surface area contributed by atoms with Crippen molar-refractivity contribution in [1.82, 2.24) is 9.97 Å². The van der Waals surface area contributed by atoms with Crippen molar-refractivity contribution in [3.8, 4) is 0 Å². The van der Waals surface area contributed by atoms with E-state index < -0.39 is 0 Å². The maximum Gasteiger partial charge on any atom is 0.137 e. The average molecular weight is 241 g/mol. The summed E-state index contributed by atoms with van der Waals surface area (Å²) < 4.78 is 0. The minimum absolute atomic E-state index is 0.440. The Balaban J connectivity index is 2.07. The normalized spacial score (nSPS) is 16.8. The molecule has 1 N–H and O–H groups in total. The Labute approximate surface area is 108 Å². The fourth-order valence-corrected chi connectivity index (χ4v) is 2.06. The van der Waals surface area contributed by atoms with Gasteiger partial charge in [0, 0.05) is 17.3 Å². The molecular weight excluding hydrogens is 222 g/mol. The zero-order valence-electron chi connectivity index (χ0n) is 11.0. The summed E-state index contributed by atoms with van der Waals surface area (Å²) >= 11 is 0. The molecule has 1 aliphatic carbocycles. The number of hydrogen-bond donors (Lipinski definition) is 1. The Morgan fingerprint density at radius 2 is 2.06 bits per heavy atom. The van der Waals surface area contributed by atoms with Crippen LogP contribution in [0, 0.1) is 0 Å². The van der Waals surface area contributed by atoms with Gasteiger partial charge in [0.05, 0.1) is 5.52 Å². The van der Waals surface area contributed by atoms with Crippen molar-refractivity contribution in [2.45, 2.75) is 45.1 Å². The molecule has 3 rings (SSSR count). The predicted molar refractivity (Wildman–Crippen MR) is 74.9 cm³/mol. The zero-order valence-corrected chi connectivity index (χ0v) is 11.0. The third-order valence-electron chi connectivity index (χ3n) is 3.56. The van der Waals surface area contributed by atoms with Gasteiger partial charge < -0.3 is 5.32 Å². The van der Waals surface area contributed by atoms with E-state index in [9.17, 15) is 0 Å². The van der Waals surface area contributed by atoms with Gasteiger partial charge in [0.15, 0.2) is 0 Å². The van der Waals surface area contributed by atoms with Crippen LogP contribution >= 0.6 is 0 Å². The molecule has 94 valence electrons. The van der Waals surface area contributed by atoms with Crippen LogP contribution in [0.25, 0.3) is 10.9 Å². The van der Waals surface area contributed by atoms with Gasteiger partial charge in [-0.25, -0.2) is 9.97 Å². The molecule has 1 aliphatic rings. The second kappa shape index (κ2) is 4.56. The number of para-hydroxylation sites is 1. The number of fused-ring (bicyclic) bond motifs is 1. The lowest BCUT2D eigenvalue weighted by Gasteiger charge is -2.15. The lowest BCUT2D eigenvalue weighted by Crippen LogP contribution is -2.15. The zero-order chi connectivity index (χ0) is 12.5. The van der Waals surface area contributed by atoms with E-state index in [-0.39, 0.29) is 0 Å². The molecule has 0 bridgehead atoms. The molecule has 2 aromatic rings. The van der Waals surface area contributed by atoms with Crippen LogP contribution in [0.5, 0.6) is 0 Å². The van der Waals surface area contributed by atoms with Crippen LogP contribution in [-0.4, -0.2) is 16.0 Å². The molecule has 1 atom stereocenters. The maximum atomic E-state index is 4.73. The lowest BCUT2D eigenvalue weighted by atomic mass is 10.2. The Bertz CT molecular complexity index is 561. The van der Waals surface area contributed by atoms with E-state index in [0.717, 1.165) is 29.0 Å². The predicted octanol–water partition coefficient (Wildman–Crippen LogP) is 3.72. The van der Waals surface area contributed by atoms with Crippen molar-refractivity contribution in [3.05, 3.63) is 30.1 Å². The van der Waals surface area contributed by atoms with Crippen LogP contribution < -0.4 is 5.32 Å². The van der Waals surface area contributed by atoms with Crippen LogP contribution in [0.4, 0.5) is 5.82 Å². The first kappa shape index (κ1) is 11.5. The standard InChI is InChI=1S/C15H19N3/c1-3-10(2)16-15-12-6-4-5-7-13(12)17-14(18-15)11-8-9-11/h4-7,10-11H,3,8-9H2,1-2H3,(H,16,17,18)/t10-/m1/s1. The molecule has 0 amide bonds. The fourth-order valence-electron chi connectivity index (χ4n) is 2.06. The van der Waals surface area contributed by atoms with Crippen molar-refractivity contribution in [3.63, 3.8) is 0 Å². The average Bonchev–Trinajstić information content (AvgIpc) is 3.22. The highest BCUT2D eigenvalue weighted by Crippen LogP contribution is 2.39. The van der Waals surface area contributed by atoms with Crippen LogP contribution in [-0.2, 0) is 0 Å². The molecule has 3 heteroatoms. The van der Waals surface area contributed by atoms with E-state index in [0.29, 0.717) is 12.0 Å². The first-order valence-corrected chi connectivity index (χ1v) is 6.81. The first-order chi connectivity index (χ1) is 8.78. The molecule has 0 radical (unpaired) electrons. The number of nitrogens with one attached hydrogen (secondary N) is 1. The van der Waals surface area contributed by atoms with Gasteiger partial charge in [0.2, 0.25) is 0 Å². The lowest BCUT2D eigenvalue weighted by molar-refractivity contribution is 0.757. The molecule has 1 aromatic heterocycles. The SMILES string of the molecule is CC[C@@H](C)Nc1nc(C2CC2)nc2ccccc12. The van der Waals surface area contributed by atoms with Crippen molar-refractivity contribution >= 4 is 16.7 Å². The van der Waals surface area contributed by atoms with Gasteiger partial charge in [-0.3, -0.25) is 0 Å². The number of hydrogen-bond acceptors (Lipinski definition) is 3. The summed E-state index contributed by atoms with van der Waals surface area (Å²) in [4.78, 5) is 9.41. The van der Waals surface area contributed by atoms with E-state index in [1.54, 1.807) is 0 Å². The number of anilines is 1. The van der Waals surface area contributed by atoms with E-state index in [4.69, 9.17) is 4.98 Å². The van der Waals surface area contributed by atoms with Gasteiger partial charge in [0.25, 0.3) is 0 Å². The van der Waals surface area contributed by atoms with Gasteiger partial charge in [-0.05, 0) is 38.3 Å². The second-order valence-corrected chi connectivity index (χ2v) is 5.18.